The molecule has 2 rings (SSSR count). The average molecular weight is 326 g/mol. The molecule has 23 heavy (non-hydrogen) atoms. The SMILES string of the molecule is COCCN1CC2(CCN(C(=O)C(C)C)CC2)[C@@H](COC)C1=O. The Morgan fingerprint density at radius 3 is 2.43 bits per heavy atom. The van der Waals surface area contributed by atoms with Gasteiger partial charge in [0, 0.05) is 51.7 Å². The molecular formula is C17H30N2O4. The average Bonchev–Trinajstić information content (AvgIpc) is 2.79. The molecule has 1 atom stereocenters. The minimum Gasteiger partial charge on any atom is -0.384 e. The Kier molecular flexibility index (Phi) is 6.03. The molecule has 0 N–H and O–H groups in total. The molecule has 6 nitrogen and oxygen atoms in total. The van der Waals surface area contributed by atoms with E-state index >= 15 is 0 Å². The number of hydrogen-bond donors (Lipinski definition) is 0. The second-order valence-electron chi connectivity index (χ2n) is 7.10. The number of likely N-dealkylation sites (tertiary alicyclic amines) is 2. The van der Waals surface area contributed by atoms with Gasteiger partial charge in [0.25, 0.3) is 0 Å². The molecule has 0 aromatic carbocycles. The van der Waals surface area contributed by atoms with E-state index in [1.807, 2.05) is 23.6 Å². The van der Waals surface area contributed by atoms with Crippen LogP contribution in [0.5, 0.6) is 0 Å². The third kappa shape index (κ3) is 3.69. The van der Waals surface area contributed by atoms with Crippen LogP contribution in [0.25, 0.3) is 0 Å². The van der Waals surface area contributed by atoms with Crippen molar-refractivity contribution in [3.05, 3.63) is 0 Å². The van der Waals surface area contributed by atoms with E-state index in [4.69, 9.17) is 9.47 Å². The fraction of sp³-hybridized carbons (Fsp3) is 0.882. The molecule has 2 amide bonds. The van der Waals surface area contributed by atoms with Gasteiger partial charge in [0.1, 0.15) is 0 Å². The van der Waals surface area contributed by atoms with E-state index in [0.717, 1.165) is 32.5 Å². The number of hydrogen-bond acceptors (Lipinski definition) is 4. The third-order valence-electron chi connectivity index (χ3n) is 5.32. The summed E-state index contributed by atoms with van der Waals surface area (Å²) in [4.78, 5) is 28.8. The lowest BCUT2D eigenvalue weighted by molar-refractivity contribution is -0.138. The topological polar surface area (TPSA) is 59.1 Å². The molecule has 2 aliphatic heterocycles. The Balaban J connectivity index is 2.07. The van der Waals surface area contributed by atoms with Crippen molar-refractivity contribution in [3.8, 4) is 0 Å². The lowest BCUT2D eigenvalue weighted by atomic mass is 9.71. The minimum absolute atomic E-state index is 0.0298. The van der Waals surface area contributed by atoms with Crippen LogP contribution in [0.3, 0.4) is 0 Å². The van der Waals surface area contributed by atoms with Gasteiger partial charge in [-0.3, -0.25) is 9.59 Å². The fourth-order valence-electron chi connectivity index (χ4n) is 3.90. The quantitative estimate of drug-likeness (QED) is 0.731. The standard InChI is InChI=1S/C17H30N2O4/c1-13(2)15(20)18-7-5-17(6-8-18)12-19(9-10-22-3)16(21)14(17)11-23-4/h13-14H,5-12H2,1-4H3/t14-/m0/s1. The van der Waals surface area contributed by atoms with Crippen LogP contribution >= 0.6 is 0 Å². The predicted octanol–water partition coefficient (Wildman–Crippen LogP) is 1.00. The highest BCUT2D eigenvalue weighted by molar-refractivity contribution is 5.83. The Morgan fingerprint density at radius 1 is 1.26 bits per heavy atom. The van der Waals surface area contributed by atoms with E-state index in [2.05, 4.69) is 0 Å². The lowest BCUT2D eigenvalue weighted by Gasteiger charge is -2.42. The van der Waals surface area contributed by atoms with Crippen molar-refractivity contribution in [2.75, 3.05) is 53.6 Å². The van der Waals surface area contributed by atoms with Gasteiger partial charge in [-0.05, 0) is 12.8 Å². The van der Waals surface area contributed by atoms with Crippen LogP contribution in [-0.2, 0) is 19.1 Å². The predicted molar refractivity (Wildman–Crippen MR) is 86.9 cm³/mol. The molecular weight excluding hydrogens is 296 g/mol. The second-order valence-corrected chi connectivity index (χ2v) is 7.10. The van der Waals surface area contributed by atoms with Crippen LogP contribution in [0.2, 0.25) is 0 Å². The monoisotopic (exact) mass is 326 g/mol. The summed E-state index contributed by atoms with van der Waals surface area (Å²) in [6, 6.07) is 0. The van der Waals surface area contributed by atoms with Gasteiger partial charge < -0.3 is 19.3 Å². The number of carbonyl (C=O) groups excluding carboxylic acids is 2. The van der Waals surface area contributed by atoms with Gasteiger partial charge in [-0.15, -0.1) is 0 Å². The van der Waals surface area contributed by atoms with Gasteiger partial charge in [0.05, 0.1) is 19.1 Å². The summed E-state index contributed by atoms with van der Waals surface area (Å²) < 4.78 is 10.4. The molecule has 0 saturated carbocycles. The molecule has 2 fully saturated rings. The summed E-state index contributed by atoms with van der Waals surface area (Å²) >= 11 is 0. The van der Waals surface area contributed by atoms with Gasteiger partial charge in [-0.25, -0.2) is 0 Å². The van der Waals surface area contributed by atoms with Gasteiger partial charge in [-0.2, -0.15) is 0 Å². The number of methoxy groups -OCH3 is 2. The molecule has 0 radical (unpaired) electrons. The number of carbonyl (C=O) groups is 2. The Hall–Kier alpha value is -1.14. The van der Waals surface area contributed by atoms with E-state index < -0.39 is 0 Å². The normalized spacial score (nSPS) is 24.0. The van der Waals surface area contributed by atoms with Crippen LogP contribution in [0.15, 0.2) is 0 Å². The molecule has 0 unspecified atom stereocenters. The highest BCUT2D eigenvalue weighted by Crippen LogP contribution is 2.45. The maximum absolute atomic E-state index is 12.7. The summed E-state index contributed by atoms with van der Waals surface area (Å²) in [5.41, 5.74) is -0.0609. The molecule has 1 spiro atoms. The Bertz CT molecular complexity index is 430. The minimum atomic E-state index is -0.0966. The van der Waals surface area contributed by atoms with Crippen LogP contribution in [0, 0.1) is 17.3 Å². The second kappa shape index (κ2) is 7.62. The molecule has 2 heterocycles. The summed E-state index contributed by atoms with van der Waals surface area (Å²) in [7, 11) is 3.30. The zero-order chi connectivity index (χ0) is 17.0. The first-order valence-corrected chi connectivity index (χ1v) is 8.50. The number of piperidine rings is 1. The molecule has 6 heteroatoms. The van der Waals surface area contributed by atoms with E-state index in [1.54, 1.807) is 14.2 Å². The third-order valence-corrected chi connectivity index (χ3v) is 5.32. The van der Waals surface area contributed by atoms with Gasteiger partial charge in [-0.1, -0.05) is 13.8 Å². The molecule has 0 bridgehead atoms. The Labute approximate surface area is 139 Å². The molecule has 132 valence electrons. The van der Waals surface area contributed by atoms with E-state index in [1.165, 1.54) is 0 Å². The molecule has 2 aliphatic rings. The van der Waals surface area contributed by atoms with E-state index in [0.29, 0.717) is 19.8 Å². The van der Waals surface area contributed by atoms with Crippen molar-refractivity contribution < 1.29 is 19.1 Å². The van der Waals surface area contributed by atoms with E-state index in [-0.39, 0.29) is 29.1 Å². The summed E-state index contributed by atoms with van der Waals surface area (Å²) in [6.07, 6.45) is 1.74. The van der Waals surface area contributed by atoms with Gasteiger partial charge in [0.15, 0.2) is 0 Å². The zero-order valence-electron chi connectivity index (χ0n) is 14.8. The fourth-order valence-corrected chi connectivity index (χ4v) is 3.90. The van der Waals surface area contributed by atoms with Crippen molar-refractivity contribution in [1.29, 1.82) is 0 Å². The van der Waals surface area contributed by atoms with Crippen molar-refractivity contribution in [1.82, 2.24) is 9.80 Å². The first-order chi connectivity index (χ1) is 10.9. The van der Waals surface area contributed by atoms with Crippen molar-refractivity contribution in [3.63, 3.8) is 0 Å². The lowest BCUT2D eigenvalue weighted by Crippen LogP contribution is -2.48. The first kappa shape index (κ1) is 18.2. The number of ether oxygens (including phenoxy) is 2. The molecule has 2 saturated heterocycles. The number of nitrogens with zero attached hydrogens (tertiary/aromatic N) is 2. The number of rotatable bonds is 6. The summed E-state index contributed by atoms with van der Waals surface area (Å²) in [6.45, 7) is 7.75. The van der Waals surface area contributed by atoms with Gasteiger partial charge >= 0.3 is 0 Å². The zero-order valence-corrected chi connectivity index (χ0v) is 14.8. The molecule has 0 aliphatic carbocycles. The van der Waals surface area contributed by atoms with Gasteiger partial charge in [0.2, 0.25) is 11.8 Å². The van der Waals surface area contributed by atoms with Crippen LogP contribution in [-0.4, -0.2) is 75.2 Å². The highest BCUT2D eigenvalue weighted by atomic mass is 16.5. The maximum Gasteiger partial charge on any atom is 0.228 e. The maximum atomic E-state index is 12.7. The van der Waals surface area contributed by atoms with Crippen LogP contribution < -0.4 is 0 Å². The first-order valence-electron chi connectivity index (χ1n) is 8.50. The largest absolute Gasteiger partial charge is 0.384 e. The van der Waals surface area contributed by atoms with E-state index in [9.17, 15) is 9.59 Å². The van der Waals surface area contributed by atoms with Crippen molar-refractivity contribution >= 4 is 11.8 Å². The Morgan fingerprint density at radius 2 is 1.91 bits per heavy atom. The highest BCUT2D eigenvalue weighted by Gasteiger charge is 2.53. The summed E-state index contributed by atoms with van der Waals surface area (Å²) in [5, 5.41) is 0. The van der Waals surface area contributed by atoms with Crippen molar-refractivity contribution in [2.45, 2.75) is 26.7 Å². The number of amides is 2. The van der Waals surface area contributed by atoms with Crippen molar-refractivity contribution in [2.24, 2.45) is 17.3 Å². The molecule has 0 aromatic heterocycles. The summed E-state index contributed by atoms with van der Waals surface area (Å²) in [5.74, 6) is 0.319. The molecule has 0 aromatic rings. The van der Waals surface area contributed by atoms with Crippen LogP contribution in [0.1, 0.15) is 26.7 Å². The smallest absolute Gasteiger partial charge is 0.228 e. The van der Waals surface area contributed by atoms with Crippen LogP contribution in [0.4, 0.5) is 0 Å².